The molecule has 0 saturated heterocycles. The Labute approximate surface area is 174 Å². The summed E-state index contributed by atoms with van der Waals surface area (Å²) in [5.74, 6) is 1.11. The fraction of sp³-hybridized carbons (Fsp3) is 0.304. The van der Waals surface area contributed by atoms with Crippen LogP contribution < -0.4 is 15.6 Å². The van der Waals surface area contributed by atoms with E-state index in [4.69, 9.17) is 9.72 Å². The average molecular weight is 404 g/mol. The van der Waals surface area contributed by atoms with Crippen LogP contribution in [0.1, 0.15) is 48.9 Å². The second-order valence-corrected chi connectivity index (χ2v) is 7.58. The zero-order valence-corrected chi connectivity index (χ0v) is 17.0. The van der Waals surface area contributed by atoms with E-state index in [1.807, 2.05) is 26.0 Å². The Morgan fingerprint density at radius 1 is 1.17 bits per heavy atom. The standard InChI is InChI=1S/C23H24N4O3/c1-15(2)30-18-7-5-17(6-8-18)23(29)26-19-4-3-13-27-21(28)14-20(25-22(19)27)16-9-11-24-12-10-16/h5-12,14-15,19H,3-4,13H2,1-2H3,(H,26,29). The molecule has 3 heterocycles. The number of rotatable bonds is 5. The van der Waals surface area contributed by atoms with Crippen LogP contribution in [0.25, 0.3) is 11.3 Å². The van der Waals surface area contributed by atoms with Crippen LogP contribution in [0.3, 0.4) is 0 Å². The normalized spacial score (nSPS) is 15.5. The predicted molar refractivity (Wildman–Crippen MR) is 113 cm³/mol. The van der Waals surface area contributed by atoms with Crippen molar-refractivity contribution in [1.29, 1.82) is 0 Å². The number of benzene rings is 1. The smallest absolute Gasteiger partial charge is 0.254 e. The lowest BCUT2D eigenvalue weighted by molar-refractivity contribution is 0.0927. The SMILES string of the molecule is CC(C)Oc1ccc(C(=O)NC2CCCn3c2nc(-c2ccncc2)cc3=O)cc1. The van der Waals surface area contributed by atoms with Crippen molar-refractivity contribution >= 4 is 5.91 Å². The molecular formula is C23H24N4O3. The van der Waals surface area contributed by atoms with Gasteiger partial charge in [-0.2, -0.15) is 0 Å². The molecule has 1 aliphatic heterocycles. The van der Waals surface area contributed by atoms with Gasteiger partial charge in [-0.1, -0.05) is 0 Å². The predicted octanol–water partition coefficient (Wildman–Crippen LogP) is 3.36. The lowest BCUT2D eigenvalue weighted by atomic mass is 10.0. The van der Waals surface area contributed by atoms with Crippen molar-refractivity contribution < 1.29 is 9.53 Å². The number of carbonyl (C=O) groups is 1. The Bertz CT molecular complexity index is 1090. The van der Waals surface area contributed by atoms with Crippen LogP contribution in [0.5, 0.6) is 5.75 Å². The Kier molecular flexibility index (Phi) is 5.61. The molecule has 1 amide bonds. The maximum absolute atomic E-state index is 12.8. The number of nitrogens with zero attached hydrogens (tertiary/aromatic N) is 3. The number of nitrogens with one attached hydrogen (secondary N) is 1. The summed E-state index contributed by atoms with van der Waals surface area (Å²) in [5, 5.41) is 3.04. The van der Waals surface area contributed by atoms with Gasteiger partial charge in [-0.05, 0) is 63.1 Å². The van der Waals surface area contributed by atoms with Gasteiger partial charge in [0.1, 0.15) is 11.6 Å². The van der Waals surface area contributed by atoms with E-state index in [1.54, 1.807) is 41.2 Å². The molecule has 0 bridgehead atoms. The largest absolute Gasteiger partial charge is 0.491 e. The van der Waals surface area contributed by atoms with E-state index < -0.39 is 0 Å². The molecule has 0 radical (unpaired) electrons. The molecule has 7 nitrogen and oxygen atoms in total. The summed E-state index contributed by atoms with van der Waals surface area (Å²) in [4.78, 5) is 34.2. The topological polar surface area (TPSA) is 86.1 Å². The first-order chi connectivity index (χ1) is 14.5. The Morgan fingerprint density at radius 3 is 2.60 bits per heavy atom. The van der Waals surface area contributed by atoms with Crippen LogP contribution in [-0.2, 0) is 6.54 Å². The molecule has 0 aliphatic carbocycles. The summed E-state index contributed by atoms with van der Waals surface area (Å²) < 4.78 is 7.28. The van der Waals surface area contributed by atoms with Crippen molar-refractivity contribution in [2.75, 3.05) is 0 Å². The second-order valence-electron chi connectivity index (χ2n) is 7.58. The van der Waals surface area contributed by atoms with Gasteiger partial charge < -0.3 is 10.1 Å². The van der Waals surface area contributed by atoms with Gasteiger partial charge in [0.2, 0.25) is 0 Å². The summed E-state index contributed by atoms with van der Waals surface area (Å²) in [6.45, 7) is 4.51. The minimum Gasteiger partial charge on any atom is -0.491 e. The zero-order chi connectivity index (χ0) is 21.1. The maximum atomic E-state index is 12.8. The van der Waals surface area contributed by atoms with Gasteiger partial charge in [0, 0.05) is 36.1 Å². The van der Waals surface area contributed by atoms with Gasteiger partial charge in [-0.3, -0.25) is 19.1 Å². The third-order valence-electron chi connectivity index (χ3n) is 4.99. The molecule has 0 fully saturated rings. The molecule has 0 saturated carbocycles. The number of ether oxygens (including phenoxy) is 1. The van der Waals surface area contributed by atoms with Crippen molar-refractivity contribution in [3.8, 4) is 17.0 Å². The summed E-state index contributed by atoms with van der Waals surface area (Å²) in [5.41, 5.74) is 1.84. The average Bonchev–Trinajstić information content (AvgIpc) is 2.75. The molecular weight excluding hydrogens is 380 g/mol. The van der Waals surface area contributed by atoms with Crippen LogP contribution in [0.15, 0.2) is 59.7 Å². The first-order valence-corrected chi connectivity index (χ1v) is 10.1. The molecule has 1 aromatic carbocycles. The van der Waals surface area contributed by atoms with E-state index >= 15 is 0 Å². The highest BCUT2D eigenvalue weighted by Gasteiger charge is 2.25. The highest BCUT2D eigenvalue weighted by atomic mass is 16.5. The Morgan fingerprint density at radius 2 is 1.90 bits per heavy atom. The molecule has 0 spiro atoms. The van der Waals surface area contributed by atoms with Gasteiger partial charge in [-0.25, -0.2) is 4.98 Å². The maximum Gasteiger partial charge on any atom is 0.254 e. The number of amides is 1. The van der Waals surface area contributed by atoms with Crippen molar-refractivity contribution in [3.05, 3.63) is 76.6 Å². The minimum absolute atomic E-state index is 0.0717. The number of carbonyl (C=O) groups excluding carboxylic acids is 1. The monoisotopic (exact) mass is 404 g/mol. The molecule has 7 heteroatoms. The van der Waals surface area contributed by atoms with Crippen molar-refractivity contribution in [2.24, 2.45) is 0 Å². The summed E-state index contributed by atoms with van der Waals surface area (Å²) in [6.07, 6.45) is 4.93. The lowest BCUT2D eigenvalue weighted by Crippen LogP contribution is -2.38. The van der Waals surface area contributed by atoms with Crippen molar-refractivity contribution in [1.82, 2.24) is 19.9 Å². The van der Waals surface area contributed by atoms with E-state index in [9.17, 15) is 9.59 Å². The molecule has 1 unspecified atom stereocenters. The summed E-state index contributed by atoms with van der Waals surface area (Å²) >= 11 is 0. The van der Waals surface area contributed by atoms with Crippen LogP contribution in [0.4, 0.5) is 0 Å². The third kappa shape index (κ3) is 4.25. The first-order valence-electron chi connectivity index (χ1n) is 10.1. The van der Waals surface area contributed by atoms with Gasteiger partial charge in [-0.15, -0.1) is 0 Å². The van der Waals surface area contributed by atoms with E-state index in [1.165, 1.54) is 6.07 Å². The Balaban J connectivity index is 1.59. The highest BCUT2D eigenvalue weighted by molar-refractivity contribution is 5.94. The van der Waals surface area contributed by atoms with Gasteiger partial charge in [0.15, 0.2) is 0 Å². The number of hydrogen-bond donors (Lipinski definition) is 1. The van der Waals surface area contributed by atoms with Gasteiger partial charge >= 0.3 is 0 Å². The van der Waals surface area contributed by atoms with E-state index in [0.29, 0.717) is 23.6 Å². The molecule has 1 N–H and O–H groups in total. The minimum atomic E-state index is -0.327. The fourth-order valence-corrected chi connectivity index (χ4v) is 3.60. The number of hydrogen-bond acceptors (Lipinski definition) is 5. The van der Waals surface area contributed by atoms with E-state index in [2.05, 4.69) is 10.3 Å². The second kappa shape index (κ2) is 8.49. The van der Waals surface area contributed by atoms with E-state index in [0.717, 1.165) is 24.2 Å². The van der Waals surface area contributed by atoms with Gasteiger partial charge in [0.25, 0.3) is 11.5 Å². The molecule has 4 rings (SSSR count). The molecule has 30 heavy (non-hydrogen) atoms. The number of pyridine rings is 1. The fourth-order valence-electron chi connectivity index (χ4n) is 3.60. The van der Waals surface area contributed by atoms with Gasteiger partial charge in [0.05, 0.1) is 17.8 Å². The quantitative estimate of drug-likeness (QED) is 0.705. The molecule has 154 valence electrons. The van der Waals surface area contributed by atoms with Crippen LogP contribution >= 0.6 is 0 Å². The lowest BCUT2D eigenvalue weighted by Gasteiger charge is -2.27. The number of fused-ring (bicyclic) bond motifs is 1. The molecule has 3 aromatic rings. The van der Waals surface area contributed by atoms with E-state index in [-0.39, 0.29) is 23.6 Å². The zero-order valence-electron chi connectivity index (χ0n) is 17.0. The van der Waals surface area contributed by atoms with Crippen LogP contribution in [-0.4, -0.2) is 26.5 Å². The molecule has 1 aliphatic rings. The van der Waals surface area contributed by atoms with Crippen LogP contribution in [0.2, 0.25) is 0 Å². The number of aromatic nitrogens is 3. The summed E-state index contributed by atoms with van der Waals surface area (Å²) in [7, 11) is 0. The first kappa shape index (κ1) is 19.8. The highest BCUT2D eigenvalue weighted by Crippen LogP contribution is 2.25. The third-order valence-corrected chi connectivity index (χ3v) is 4.99. The van der Waals surface area contributed by atoms with Crippen molar-refractivity contribution in [2.45, 2.75) is 45.4 Å². The Hall–Kier alpha value is -3.48. The van der Waals surface area contributed by atoms with Crippen LogP contribution in [0, 0.1) is 0 Å². The molecule has 2 aromatic heterocycles. The summed E-state index contributed by atoms with van der Waals surface area (Å²) in [6, 6.07) is 11.9. The van der Waals surface area contributed by atoms with Crippen molar-refractivity contribution in [3.63, 3.8) is 0 Å². The molecule has 1 atom stereocenters.